The number of thiocarbonyl (C=S) groups is 1. The van der Waals surface area contributed by atoms with Crippen LogP contribution in [-0.2, 0) is 4.79 Å². The zero-order valence-electron chi connectivity index (χ0n) is 10.7. The Bertz CT molecular complexity index is 332. The number of hydrogen-bond acceptors (Lipinski definition) is 3. The van der Waals surface area contributed by atoms with Crippen LogP contribution in [0.5, 0.6) is 0 Å². The van der Waals surface area contributed by atoms with E-state index in [4.69, 9.17) is 18.0 Å². The Balaban J connectivity index is 1.96. The Morgan fingerprint density at radius 3 is 2.28 bits per heavy atom. The topological polar surface area (TPSA) is 75.4 Å². The Hall–Kier alpha value is -0.680. The van der Waals surface area contributed by atoms with Gasteiger partial charge in [0.1, 0.15) is 0 Å². The highest BCUT2D eigenvalue weighted by molar-refractivity contribution is 7.80. The first-order valence-electron chi connectivity index (χ1n) is 6.83. The van der Waals surface area contributed by atoms with Crippen molar-refractivity contribution >= 4 is 23.1 Å². The summed E-state index contributed by atoms with van der Waals surface area (Å²) in [6, 6.07) is 0.174. The van der Waals surface area contributed by atoms with Gasteiger partial charge in [0.05, 0.1) is 16.5 Å². The molecule has 102 valence electrons. The second-order valence-corrected chi connectivity index (χ2v) is 6.07. The minimum Gasteiger partial charge on any atom is -0.393 e. The molecule has 5 heteroatoms. The largest absolute Gasteiger partial charge is 0.393 e. The maximum absolute atomic E-state index is 12.4. The molecule has 0 aromatic rings. The summed E-state index contributed by atoms with van der Waals surface area (Å²) in [7, 11) is 0. The number of carbonyl (C=O) groups excluding carboxylic acids is 1. The van der Waals surface area contributed by atoms with Crippen molar-refractivity contribution in [3.8, 4) is 0 Å². The zero-order valence-corrected chi connectivity index (χ0v) is 11.5. The Morgan fingerprint density at radius 1 is 1.22 bits per heavy atom. The van der Waals surface area contributed by atoms with Crippen LogP contribution in [-0.4, -0.2) is 28.1 Å². The third-order valence-electron chi connectivity index (χ3n) is 4.40. The van der Waals surface area contributed by atoms with Gasteiger partial charge in [-0.25, -0.2) is 0 Å². The molecule has 0 bridgehead atoms. The van der Waals surface area contributed by atoms with Gasteiger partial charge in [0.2, 0.25) is 5.91 Å². The molecule has 2 saturated carbocycles. The first-order valence-corrected chi connectivity index (χ1v) is 7.24. The summed E-state index contributed by atoms with van der Waals surface area (Å²) in [5, 5.41) is 12.5. The van der Waals surface area contributed by atoms with E-state index >= 15 is 0 Å². The van der Waals surface area contributed by atoms with Crippen LogP contribution in [0.25, 0.3) is 0 Å². The molecular weight excluding hydrogens is 248 g/mol. The van der Waals surface area contributed by atoms with Crippen LogP contribution >= 0.6 is 12.2 Å². The molecule has 18 heavy (non-hydrogen) atoms. The molecule has 0 spiro atoms. The Labute approximate surface area is 113 Å². The molecule has 2 rings (SSSR count). The average molecular weight is 270 g/mol. The molecule has 0 unspecified atom stereocenters. The summed E-state index contributed by atoms with van der Waals surface area (Å²) >= 11 is 5.11. The van der Waals surface area contributed by atoms with Crippen LogP contribution < -0.4 is 11.1 Å². The molecule has 0 radical (unpaired) electrons. The SMILES string of the molecule is NC(=S)C1(C(=O)NC2CCC(O)CC2)CCCC1. The molecule has 0 saturated heterocycles. The predicted octanol–water partition coefficient (Wildman–Crippen LogP) is 1.25. The Kier molecular flexibility index (Phi) is 4.22. The number of aliphatic hydroxyl groups is 1. The third-order valence-corrected chi connectivity index (χ3v) is 4.79. The maximum atomic E-state index is 12.4. The van der Waals surface area contributed by atoms with Gasteiger partial charge in [-0.15, -0.1) is 0 Å². The lowest BCUT2D eigenvalue weighted by Crippen LogP contribution is -2.51. The van der Waals surface area contributed by atoms with Crippen molar-refractivity contribution in [2.24, 2.45) is 11.1 Å². The molecular formula is C13H22N2O2S. The van der Waals surface area contributed by atoms with Crippen LogP contribution in [0.4, 0.5) is 0 Å². The molecule has 4 nitrogen and oxygen atoms in total. The summed E-state index contributed by atoms with van der Waals surface area (Å²) in [5.74, 6) is 0.00823. The summed E-state index contributed by atoms with van der Waals surface area (Å²) in [5.41, 5.74) is 5.19. The molecule has 0 heterocycles. The van der Waals surface area contributed by atoms with Gasteiger partial charge >= 0.3 is 0 Å². The van der Waals surface area contributed by atoms with Crippen molar-refractivity contribution in [1.29, 1.82) is 0 Å². The number of nitrogens with two attached hydrogens (primary N) is 1. The van der Waals surface area contributed by atoms with E-state index in [0.29, 0.717) is 4.99 Å². The van der Waals surface area contributed by atoms with Gasteiger partial charge in [0.15, 0.2) is 0 Å². The predicted molar refractivity (Wildman–Crippen MR) is 74.1 cm³/mol. The molecule has 2 fully saturated rings. The smallest absolute Gasteiger partial charge is 0.233 e. The van der Waals surface area contributed by atoms with Gasteiger partial charge in [-0.1, -0.05) is 25.1 Å². The first-order chi connectivity index (χ1) is 8.54. The quantitative estimate of drug-likeness (QED) is 0.675. The van der Waals surface area contributed by atoms with Gasteiger partial charge in [-0.2, -0.15) is 0 Å². The second-order valence-electron chi connectivity index (χ2n) is 5.63. The first kappa shape index (κ1) is 13.7. The van der Waals surface area contributed by atoms with Crippen LogP contribution in [0.2, 0.25) is 0 Å². The lowest BCUT2D eigenvalue weighted by molar-refractivity contribution is -0.128. The van der Waals surface area contributed by atoms with E-state index in [0.717, 1.165) is 51.4 Å². The Morgan fingerprint density at radius 2 is 1.78 bits per heavy atom. The number of aliphatic hydroxyl groups excluding tert-OH is 1. The number of rotatable bonds is 3. The van der Waals surface area contributed by atoms with E-state index in [2.05, 4.69) is 5.32 Å². The third kappa shape index (κ3) is 2.67. The number of hydrogen-bond donors (Lipinski definition) is 3. The summed E-state index contributed by atoms with van der Waals surface area (Å²) in [6.07, 6.45) is 6.64. The van der Waals surface area contributed by atoms with Crippen molar-refractivity contribution < 1.29 is 9.90 Å². The van der Waals surface area contributed by atoms with Crippen LogP contribution in [0, 0.1) is 5.41 Å². The minimum atomic E-state index is -0.606. The molecule has 1 amide bonds. The fraction of sp³-hybridized carbons (Fsp3) is 0.846. The van der Waals surface area contributed by atoms with E-state index in [1.165, 1.54) is 0 Å². The molecule has 0 aromatic carbocycles. The van der Waals surface area contributed by atoms with E-state index in [1.54, 1.807) is 0 Å². The van der Waals surface area contributed by atoms with E-state index in [-0.39, 0.29) is 18.1 Å². The number of nitrogens with one attached hydrogen (secondary N) is 1. The van der Waals surface area contributed by atoms with Gasteiger partial charge in [-0.3, -0.25) is 4.79 Å². The van der Waals surface area contributed by atoms with Crippen molar-refractivity contribution in [3.05, 3.63) is 0 Å². The summed E-state index contributed by atoms with van der Waals surface area (Å²) in [4.78, 5) is 12.8. The minimum absolute atomic E-state index is 0.00823. The van der Waals surface area contributed by atoms with Gasteiger partial charge in [-0.05, 0) is 38.5 Å². The molecule has 2 aliphatic rings. The van der Waals surface area contributed by atoms with Crippen LogP contribution in [0.3, 0.4) is 0 Å². The van der Waals surface area contributed by atoms with Crippen LogP contribution in [0.1, 0.15) is 51.4 Å². The maximum Gasteiger partial charge on any atom is 0.233 e. The number of amides is 1. The van der Waals surface area contributed by atoms with Gasteiger partial charge < -0.3 is 16.2 Å². The average Bonchev–Trinajstić information content (AvgIpc) is 2.82. The van der Waals surface area contributed by atoms with Crippen molar-refractivity contribution in [3.63, 3.8) is 0 Å². The van der Waals surface area contributed by atoms with Crippen molar-refractivity contribution in [2.45, 2.75) is 63.5 Å². The van der Waals surface area contributed by atoms with Gasteiger partial charge in [0.25, 0.3) is 0 Å². The number of carbonyl (C=O) groups is 1. The summed E-state index contributed by atoms with van der Waals surface area (Å²) in [6.45, 7) is 0. The standard InChI is InChI=1S/C13H22N2O2S/c14-11(18)13(7-1-2-8-13)12(17)15-9-3-5-10(16)6-4-9/h9-10,16H,1-8H2,(H2,14,18)(H,15,17). The fourth-order valence-corrected chi connectivity index (χ4v) is 3.40. The lowest BCUT2D eigenvalue weighted by atomic mass is 9.84. The lowest BCUT2D eigenvalue weighted by Gasteiger charge is -2.32. The van der Waals surface area contributed by atoms with Crippen molar-refractivity contribution in [2.75, 3.05) is 0 Å². The normalized spacial score (nSPS) is 30.9. The second kappa shape index (κ2) is 5.53. The highest BCUT2D eigenvalue weighted by atomic mass is 32.1. The van der Waals surface area contributed by atoms with Crippen molar-refractivity contribution in [1.82, 2.24) is 5.32 Å². The van der Waals surface area contributed by atoms with E-state index in [9.17, 15) is 9.90 Å². The molecule has 0 aromatic heterocycles. The highest BCUT2D eigenvalue weighted by Crippen LogP contribution is 2.39. The highest BCUT2D eigenvalue weighted by Gasteiger charge is 2.44. The zero-order chi connectivity index (χ0) is 13.2. The molecule has 2 aliphatic carbocycles. The summed E-state index contributed by atoms with van der Waals surface area (Å²) < 4.78 is 0. The fourth-order valence-electron chi connectivity index (χ4n) is 3.11. The van der Waals surface area contributed by atoms with E-state index in [1.807, 2.05) is 0 Å². The van der Waals surface area contributed by atoms with Gasteiger partial charge in [0, 0.05) is 6.04 Å². The molecule has 0 aliphatic heterocycles. The molecule has 0 atom stereocenters. The molecule has 4 N–H and O–H groups in total. The monoisotopic (exact) mass is 270 g/mol. The van der Waals surface area contributed by atoms with E-state index < -0.39 is 5.41 Å². The van der Waals surface area contributed by atoms with Crippen LogP contribution in [0.15, 0.2) is 0 Å².